The highest BCUT2D eigenvalue weighted by Gasteiger charge is 2.42. The van der Waals surface area contributed by atoms with E-state index in [1.54, 1.807) is 4.90 Å². The Kier molecular flexibility index (Phi) is 6.50. The molecule has 2 fully saturated rings. The third-order valence-electron chi connectivity index (χ3n) is 8.07. The zero-order valence-electron chi connectivity index (χ0n) is 20.0. The van der Waals surface area contributed by atoms with Gasteiger partial charge in [0.1, 0.15) is 6.61 Å². The predicted molar refractivity (Wildman–Crippen MR) is 131 cm³/mol. The van der Waals surface area contributed by atoms with Gasteiger partial charge >= 0.3 is 12.1 Å². The van der Waals surface area contributed by atoms with E-state index in [2.05, 4.69) is 29.6 Å². The number of aliphatic carboxylic acids is 1. The van der Waals surface area contributed by atoms with Crippen LogP contribution in [0.4, 0.5) is 4.79 Å². The summed E-state index contributed by atoms with van der Waals surface area (Å²) >= 11 is 0. The third-order valence-corrected chi connectivity index (χ3v) is 8.07. The van der Waals surface area contributed by atoms with Crippen molar-refractivity contribution in [3.05, 3.63) is 59.7 Å². The molecule has 4 atom stereocenters. The maximum Gasteiger partial charge on any atom is 0.407 e. The number of likely N-dealkylation sites (tertiary alicyclic amines) is 1. The van der Waals surface area contributed by atoms with E-state index in [-0.39, 0.29) is 36.4 Å². The quantitative estimate of drug-likeness (QED) is 0.667. The minimum Gasteiger partial charge on any atom is -0.481 e. The minimum atomic E-state index is -0.852. The first-order valence-electron chi connectivity index (χ1n) is 12.6. The SMILES string of the molecule is CC1C(C(=O)O)CCCN1C(=O)[C@@H]1CCC[C@@H]1NC(=O)OCC1c2ccccc2-c2ccccc21. The first-order chi connectivity index (χ1) is 17.0. The smallest absolute Gasteiger partial charge is 0.407 e. The molecule has 3 aliphatic rings. The standard InChI is InChI=1S/C28H32N2O5/c1-17-18(27(32)33)13-7-15-30(17)26(31)23-12-6-14-25(23)29-28(34)35-16-24-21-10-4-2-8-19(21)20-9-3-5-11-22(20)24/h2-5,8-11,17-18,23-25H,6-7,12-16H2,1H3,(H,29,34)(H,32,33)/t17?,18?,23-,25+/m1/s1. The van der Waals surface area contributed by atoms with Crippen molar-refractivity contribution in [1.29, 1.82) is 0 Å². The lowest BCUT2D eigenvalue weighted by Gasteiger charge is -2.39. The number of alkyl carbamates (subject to hydrolysis) is 1. The largest absolute Gasteiger partial charge is 0.481 e. The van der Waals surface area contributed by atoms with Gasteiger partial charge in [-0.3, -0.25) is 9.59 Å². The highest BCUT2D eigenvalue weighted by Crippen LogP contribution is 2.44. The van der Waals surface area contributed by atoms with Crippen LogP contribution in [0.3, 0.4) is 0 Å². The maximum absolute atomic E-state index is 13.4. The summed E-state index contributed by atoms with van der Waals surface area (Å²) in [4.78, 5) is 39.4. The lowest BCUT2D eigenvalue weighted by molar-refractivity contribution is -0.150. The Hall–Kier alpha value is -3.35. The summed E-state index contributed by atoms with van der Waals surface area (Å²) in [6.45, 7) is 2.62. The van der Waals surface area contributed by atoms with Gasteiger partial charge in [0.25, 0.3) is 0 Å². The maximum atomic E-state index is 13.4. The molecule has 2 aliphatic carbocycles. The number of carbonyl (C=O) groups is 3. The third kappa shape index (κ3) is 4.40. The molecule has 0 aromatic heterocycles. The summed E-state index contributed by atoms with van der Waals surface area (Å²) in [7, 11) is 0. The van der Waals surface area contributed by atoms with Crippen molar-refractivity contribution in [3.63, 3.8) is 0 Å². The lowest BCUT2D eigenvalue weighted by atomic mass is 9.88. The fourth-order valence-electron chi connectivity index (χ4n) is 6.22. The molecule has 2 N–H and O–H groups in total. The van der Waals surface area contributed by atoms with Crippen LogP contribution < -0.4 is 5.32 Å². The summed E-state index contributed by atoms with van der Waals surface area (Å²) in [6, 6.07) is 15.8. The number of carboxylic acids is 1. The number of ether oxygens (including phenoxy) is 1. The molecular weight excluding hydrogens is 444 g/mol. The number of carbonyl (C=O) groups excluding carboxylic acids is 2. The van der Waals surface area contributed by atoms with E-state index < -0.39 is 18.0 Å². The van der Waals surface area contributed by atoms with Crippen LogP contribution in [0, 0.1) is 11.8 Å². The second-order valence-electron chi connectivity index (χ2n) is 9.97. The number of rotatable bonds is 5. The van der Waals surface area contributed by atoms with E-state index in [4.69, 9.17) is 4.74 Å². The molecule has 1 saturated carbocycles. The van der Waals surface area contributed by atoms with Crippen LogP contribution >= 0.6 is 0 Å². The summed E-state index contributed by atoms with van der Waals surface area (Å²) in [5.41, 5.74) is 4.66. The first kappa shape index (κ1) is 23.4. The van der Waals surface area contributed by atoms with Crippen LogP contribution in [-0.4, -0.2) is 53.2 Å². The molecule has 2 aromatic rings. The topological polar surface area (TPSA) is 95.9 Å². The Bertz CT molecular complexity index is 1090. The second-order valence-corrected chi connectivity index (χ2v) is 9.97. The normalized spacial score (nSPS) is 25.6. The van der Waals surface area contributed by atoms with Crippen molar-refractivity contribution in [1.82, 2.24) is 10.2 Å². The average molecular weight is 477 g/mol. The molecule has 35 heavy (non-hydrogen) atoms. The molecule has 7 heteroatoms. The number of benzene rings is 2. The van der Waals surface area contributed by atoms with Gasteiger partial charge < -0.3 is 20.1 Å². The lowest BCUT2D eigenvalue weighted by Crippen LogP contribution is -2.53. The molecule has 2 unspecified atom stereocenters. The highest BCUT2D eigenvalue weighted by molar-refractivity contribution is 5.83. The van der Waals surface area contributed by atoms with Crippen LogP contribution in [0.25, 0.3) is 11.1 Å². The van der Waals surface area contributed by atoms with Crippen molar-refractivity contribution in [2.45, 2.75) is 57.0 Å². The van der Waals surface area contributed by atoms with Crippen molar-refractivity contribution in [2.24, 2.45) is 11.8 Å². The first-order valence-corrected chi connectivity index (χ1v) is 12.6. The molecule has 184 valence electrons. The molecule has 5 rings (SSSR count). The molecule has 0 spiro atoms. The summed E-state index contributed by atoms with van der Waals surface area (Å²) < 4.78 is 5.69. The number of piperidine rings is 1. The highest BCUT2D eigenvalue weighted by atomic mass is 16.5. The Morgan fingerprint density at radius 3 is 2.23 bits per heavy atom. The number of carboxylic acid groups (broad SMARTS) is 1. The second kappa shape index (κ2) is 9.72. The molecule has 2 aromatic carbocycles. The van der Waals surface area contributed by atoms with Crippen LogP contribution in [0.2, 0.25) is 0 Å². The molecule has 2 amide bonds. The zero-order chi connectivity index (χ0) is 24.5. The molecule has 7 nitrogen and oxygen atoms in total. The Balaban J connectivity index is 1.22. The van der Waals surface area contributed by atoms with Gasteiger partial charge in [-0.15, -0.1) is 0 Å². The summed E-state index contributed by atoms with van der Waals surface area (Å²) in [5, 5.41) is 12.4. The van der Waals surface area contributed by atoms with Crippen molar-refractivity contribution >= 4 is 18.0 Å². The number of hydrogen-bond acceptors (Lipinski definition) is 4. The number of amides is 2. The molecule has 0 radical (unpaired) electrons. The van der Waals surface area contributed by atoms with E-state index in [9.17, 15) is 19.5 Å². The zero-order valence-corrected chi connectivity index (χ0v) is 20.0. The molecule has 0 bridgehead atoms. The van der Waals surface area contributed by atoms with E-state index in [1.807, 2.05) is 31.2 Å². The summed E-state index contributed by atoms with van der Waals surface area (Å²) in [5.74, 6) is -1.80. The molecule has 1 saturated heterocycles. The monoisotopic (exact) mass is 476 g/mol. The van der Waals surface area contributed by atoms with Crippen LogP contribution in [0.15, 0.2) is 48.5 Å². The Morgan fingerprint density at radius 1 is 0.943 bits per heavy atom. The number of hydrogen-bond donors (Lipinski definition) is 2. The fourth-order valence-corrected chi connectivity index (χ4v) is 6.22. The number of nitrogens with zero attached hydrogens (tertiary/aromatic N) is 1. The van der Waals surface area contributed by atoms with Gasteiger partial charge in [-0.2, -0.15) is 0 Å². The van der Waals surface area contributed by atoms with E-state index in [1.165, 1.54) is 11.1 Å². The van der Waals surface area contributed by atoms with Crippen LogP contribution in [-0.2, 0) is 14.3 Å². The van der Waals surface area contributed by atoms with Gasteiger partial charge in [-0.05, 0) is 54.9 Å². The van der Waals surface area contributed by atoms with Gasteiger partial charge in [0, 0.05) is 24.5 Å². The van der Waals surface area contributed by atoms with Gasteiger partial charge in [0.2, 0.25) is 5.91 Å². The Morgan fingerprint density at radius 2 is 1.57 bits per heavy atom. The van der Waals surface area contributed by atoms with Crippen LogP contribution in [0.5, 0.6) is 0 Å². The fraction of sp³-hybridized carbons (Fsp3) is 0.464. The van der Waals surface area contributed by atoms with Gasteiger partial charge in [-0.25, -0.2) is 4.79 Å². The van der Waals surface area contributed by atoms with Gasteiger partial charge in [0.05, 0.1) is 11.8 Å². The van der Waals surface area contributed by atoms with Crippen molar-refractivity contribution in [2.75, 3.05) is 13.2 Å². The van der Waals surface area contributed by atoms with Crippen LogP contribution in [0.1, 0.15) is 56.1 Å². The van der Waals surface area contributed by atoms with Gasteiger partial charge in [0.15, 0.2) is 0 Å². The van der Waals surface area contributed by atoms with E-state index in [0.717, 1.165) is 17.5 Å². The number of nitrogens with one attached hydrogen (secondary N) is 1. The van der Waals surface area contributed by atoms with E-state index >= 15 is 0 Å². The van der Waals surface area contributed by atoms with Crippen molar-refractivity contribution in [3.8, 4) is 11.1 Å². The predicted octanol–water partition coefficient (Wildman–Crippen LogP) is 4.41. The minimum absolute atomic E-state index is 0.0173. The average Bonchev–Trinajstić information content (AvgIpc) is 3.44. The van der Waals surface area contributed by atoms with Gasteiger partial charge in [-0.1, -0.05) is 55.0 Å². The molecule has 1 heterocycles. The molecule has 1 aliphatic heterocycles. The number of fused-ring (bicyclic) bond motifs is 3. The summed E-state index contributed by atoms with van der Waals surface area (Å²) in [6.07, 6.45) is 3.01. The van der Waals surface area contributed by atoms with Crippen molar-refractivity contribution < 1.29 is 24.2 Å². The molecular formula is C28H32N2O5. The van der Waals surface area contributed by atoms with E-state index in [0.29, 0.717) is 32.2 Å². The Labute approximate surface area is 205 Å².